The Labute approximate surface area is 116 Å². The lowest BCUT2D eigenvalue weighted by Gasteiger charge is -2.30. The van der Waals surface area contributed by atoms with Crippen molar-refractivity contribution in [2.75, 3.05) is 13.2 Å². The van der Waals surface area contributed by atoms with E-state index in [0.717, 1.165) is 17.9 Å². The Morgan fingerprint density at radius 1 is 1.21 bits per heavy atom. The molecule has 1 rings (SSSR count). The number of ether oxygens (including phenoxy) is 1. The Balaban J connectivity index is 2.54. The highest BCUT2D eigenvalue weighted by Crippen LogP contribution is 2.16. The standard InChI is InChI=1S/C16H24N2O/c1-12(2)18(13(3)4)8-9-19-16-7-6-15(11-17)14(5)10-16/h6-7,10,12-13H,8-9H2,1-5H3. The summed E-state index contributed by atoms with van der Waals surface area (Å²) < 4.78 is 5.77. The second-order valence-electron chi connectivity index (χ2n) is 5.36. The second kappa shape index (κ2) is 7.16. The molecule has 0 saturated heterocycles. The van der Waals surface area contributed by atoms with Crippen LogP contribution in [0.5, 0.6) is 5.75 Å². The van der Waals surface area contributed by atoms with Crippen molar-refractivity contribution in [3.8, 4) is 11.8 Å². The highest BCUT2D eigenvalue weighted by atomic mass is 16.5. The van der Waals surface area contributed by atoms with Crippen molar-refractivity contribution in [3.63, 3.8) is 0 Å². The van der Waals surface area contributed by atoms with Crippen molar-refractivity contribution in [2.45, 2.75) is 46.7 Å². The van der Waals surface area contributed by atoms with E-state index in [9.17, 15) is 0 Å². The lowest BCUT2D eigenvalue weighted by Crippen LogP contribution is -2.39. The summed E-state index contributed by atoms with van der Waals surface area (Å²) in [4.78, 5) is 2.40. The minimum Gasteiger partial charge on any atom is -0.492 e. The lowest BCUT2D eigenvalue weighted by atomic mass is 10.1. The highest BCUT2D eigenvalue weighted by molar-refractivity contribution is 5.41. The summed E-state index contributed by atoms with van der Waals surface area (Å²) >= 11 is 0. The minimum atomic E-state index is 0.520. The molecule has 0 amide bonds. The summed E-state index contributed by atoms with van der Waals surface area (Å²) in [6, 6.07) is 8.80. The van der Waals surface area contributed by atoms with Crippen LogP contribution in [0.2, 0.25) is 0 Å². The van der Waals surface area contributed by atoms with Gasteiger partial charge in [0.15, 0.2) is 0 Å². The van der Waals surface area contributed by atoms with Gasteiger partial charge in [-0.05, 0) is 58.4 Å². The Morgan fingerprint density at radius 3 is 2.32 bits per heavy atom. The molecule has 19 heavy (non-hydrogen) atoms. The molecule has 0 spiro atoms. The van der Waals surface area contributed by atoms with Crippen molar-refractivity contribution < 1.29 is 4.74 Å². The molecule has 0 bridgehead atoms. The van der Waals surface area contributed by atoms with Crippen molar-refractivity contribution in [3.05, 3.63) is 29.3 Å². The molecule has 3 heteroatoms. The first-order chi connectivity index (χ1) is 8.95. The Bertz CT molecular complexity index is 439. The quantitative estimate of drug-likeness (QED) is 0.787. The SMILES string of the molecule is Cc1cc(OCCN(C(C)C)C(C)C)ccc1C#N. The summed E-state index contributed by atoms with van der Waals surface area (Å²) in [6.45, 7) is 12.3. The number of benzene rings is 1. The summed E-state index contributed by atoms with van der Waals surface area (Å²) in [7, 11) is 0. The largest absolute Gasteiger partial charge is 0.492 e. The zero-order valence-corrected chi connectivity index (χ0v) is 12.6. The molecule has 0 heterocycles. The normalized spacial score (nSPS) is 11.1. The van der Waals surface area contributed by atoms with Gasteiger partial charge in [0.25, 0.3) is 0 Å². The van der Waals surface area contributed by atoms with Crippen molar-refractivity contribution >= 4 is 0 Å². The van der Waals surface area contributed by atoms with Gasteiger partial charge >= 0.3 is 0 Å². The molecule has 0 N–H and O–H groups in total. The van der Waals surface area contributed by atoms with E-state index < -0.39 is 0 Å². The summed E-state index contributed by atoms with van der Waals surface area (Å²) in [5, 5.41) is 8.88. The average molecular weight is 260 g/mol. The first-order valence-electron chi connectivity index (χ1n) is 6.85. The van der Waals surface area contributed by atoms with Crippen LogP contribution in [0.1, 0.15) is 38.8 Å². The van der Waals surface area contributed by atoms with Crippen LogP contribution < -0.4 is 4.74 Å². The number of aryl methyl sites for hydroxylation is 1. The molecule has 0 saturated carbocycles. The third-order valence-corrected chi connectivity index (χ3v) is 3.26. The number of rotatable bonds is 6. The Kier molecular flexibility index (Phi) is 5.85. The predicted octanol–water partition coefficient (Wildman–Crippen LogP) is 3.36. The molecule has 0 aliphatic carbocycles. The predicted molar refractivity (Wildman–Crippen MR) is 78.4 cm³/mol. The zero-order valence-electron chi connectivity index (χ0n) is 12.6. The van der Waals surface area contributed by atoms with Gasteiger partial charge < -0.3 is 4.74 Å². The first-order valence-corrected chi connectivity index (χ1v) is 6.85. The fourth-order valence-electron chi connectivity index (χ4n) is 2.23. The van der Waals surface area contributed by atoms with Crippen LogP contribution >= 0.6 is 0 Å². The van der Waals surface area contributed by atoms with Crippen LogP contribution in [-0.2, 0) is 0 Å². The summed E-state index contributed by atoms with van der Waals surface area (Å²) in [5.41, 5.74) is 1.67. The van der Waals surface area contributed by atoms with Crippen molar-refractivity contribution in [2.24, 2.45) is 0 Å². The molecule has 0 fully saturated rings. The van der Waals surface area contributed by atoms with E-state index >= 15 is 0 Å². The van der Waals surface area contributed by atoms with Crippen LogP contribution in [0.25, 0.3) is 0 Å². The van der Waals surface area contributed by atoms with E-state index in [1.54, 1.807) is 0 Å². The number of hydrogen-bond acceptors (Lipinski definition) is 3. The molecule has 1 aromatic carbocycles. The van der Waals surface area contributed by atoms with Gasteiger partial charge in [-0.15, -0.1) is 0 Å². The van der Waals surface area contributed by atoms with E-state index in [-0.39, 0.29) is 0 Å². The van der Waals surface area contributed by atoms with Crippen LogP contribution in [-0.4, -0.2) is 30.1 Å². The number of nitrogens with zero attached hydrogens (tertiary/aromatic N) is 2. The van der Waals surface area contributed by atoms with E-state index in [0.29, 0.717) is 24.3 Å². The second-order valence-corrected chi connectivity index (χ2v) is 5.36. The van der Waals surface area contributed by atoms with Gasteiger partial charge in [-0.2, -0.15) is 5.26 Å². The van der Waals surface area contributed by atoms with E-state index in [1.165, 1.54) is 0 Å². The fourth-order valence-corrected chi connectivity index (χ4v) is 2.23. The van der Waals surface area contributed by atoms with Gasteiger partial charge in [0.2, 0.25) is 0 Å². The highest BCUT2D eigenvalue weighted by Gasteiger charge is 2.12. The maximum Gasteiger partial charge on any atom is 0.119 e. The van der Waals surface area contributed by atoms with Gasteiger partial charge in [-0.3, -0.25) is 4.90 Å². The topological polar surface area (TPSA) is 36.3 Å². The van der Waals surface area contributed by atoms with Crippen LogP contribution in [0.15, 0.2) is 18.2 Å². The third-order valence-electron chi connectivity index (χ3n) is 3.26. The Morgan fingerprint density at radius 2 is 1.84 bits per heavy atom. The molecule has 0 atom stereocenters. The summed E-state index contributed by atoms with van der Waals surface area (Å²) in [5.74, 6) is 0.837. The summed E-state index contributed by atoms with van der Waals surface area (Å²) in [6.07, 6.45) is 0. The lowest BCUT2D eigenvalue weighted by molar-refractivity contribution is 0.142. The van der Waals surface area contributed by atoms with Gasteiger partial charge in [0.1, 0.15) is 12.4 Å². The molecule has 0 unspecified atom stereocenters. The monoisotopic (exact) mass is 260 g/mol. The molecular weight excluding hydrogens is 236 g/mol. The fraction of sp³-hybridized carbons (Fsp3) is 0.562. The van der Waals surface area contributed by atoms with Crippen LogP contribution in [0.4, 0.5) is 0 Å². The molecule has 0 aliphatic rings. The molecule has 1 aromatic rings. The van der Waals surface area contributed by atoms with Crippen molar-refractivity contribution in [1.82, 2.24) is 4.90 Å². The van der Waals surface area contributed by atoms with Crippen LogP contribution in [0.3, 0.4) is 0 Å². The average Bonchev–Trinajstić information content (AvgIpc) is 2.33. The van der Waals surface area contributed by atoms with Crippen LogP contribution in [0, 0.1) is 18.3 Å². The maximum atomic E-state index is 8.88. The molecule has 0 aliphatic heterocycles. The maximum absolute atomic E-state index is 8.88. The van der Waals surface area contributed by atoms with E-state index in [1.807, 2.05) is 25.1 Å². The zero-order chi connectivity index (χ0) is 14.4. The van der Waals surface area contributed by atoms with E-state index in [2.05, 4.69) is 38.7 Å². The van der Waals surface area contributed by atoms with E-state index in [4.69, 9.17) is 10.00 Å². The van der Waals surface area contributed by atoms with Gasteiger partial charge in [-0.25, -0.2) is 0 Å². The minimum absolute atomic E-state index is 0.520. The van der Waals surface area contributed by atoms with Gasteiger partial charge in [0, 0.05) is 18.6 Å². The smallest absolute Gasteiger partial charge is 0.119 e. The number of hydrogen-bond donors (Lipinski definition) is 0. The third kappa shape index (κ3) is 4.57. The number of nitriles is 1. The molecule has 0 radical (unpaired) electrons. The molecular formula is C16H24N2O. The molecule has 3 nitrogen and oxygen atoms in total. The van der Waals surface area contributed by atoms with Gasteiger partial charge in [0.05, 0.1) is 11.6 Å². The van der Waals surface area contributed by atoms with Gasteiger partial charge in [-0.1, -0.05) is 0 Å². The molecule has 104 valence electrons. The molecule has 0 aromatic heterocycles. The van der Waals surface area contributed by atoms with Crippen molar-refractivity contribution in [1.29, 1.82) is 5.26 Å². The Hall–Kier alpha value is -1.53. The first kappa shape index (κ1) is 15.5.